The lowest BCUT2D eigenvalue weighted by Gasteiger charge is -2.31. The average Bonchev–Trinajstić information content (AvgIpc) is 3.62. The summed E-state index contributed by atoms with van der Waals surface area (Å²) in [6, 6.07) is 11.0. The molecule has 2 aromatic heterocycles. The number of carbonyl (C=O) groups is 1. The molecule has 6 N–H and O–H groups in total. The Morgan fingerprint density at radius 1 is 1.15 bits per heavy atom. The van der Waals surface area contributed by atoms with Gasteiger partial charge in [0.25, 0.3) is 5.91 Å². The van der Waals surface area contributed by atoms with E-state index in [1.807, 2.05) is 0 Å². The Kier molecular flexibility index (Phi) is 6.02. The number of pyridine rings is 1. The highest BCUT2D eigenvalue weighted by Crippen LogP contribution is 2.52. The molecule has 0 bridgehead atoms. The molecule has 2 aromatic carbocycles. The van der Waals surface area contributed by atoms with Crippen LogP contribution in [-0.4, -0.2) is 40.3 Å². The number of nitrogen functional groups attached to an aromatic ring is 1. The van der Waals surface area contributed by atoms with Crippen LogP contribution in [0.4, 0.5) is 22.7 Å². The minimum Gasteiger partial charge on any atom is -0.488 e. The molecule has 1 aliphatic heterocycles. The smallest absolute Gasteiger partial charge is 0.414 e. The molecule has 6 rings (SSSR count). The second-order valence-corrected chi connectivity index (χ2v) is 11.2. The van der Waals surface area contributed by atoms with Crippen molar-refractivity contribution < 1.29 is 32.2 Å². The van der Waals surface area contributed by atoms with Gasteiger partial charge in [0.2, 0.25) is 0 Å². The number of nitrogens with two attached hydrogens (primary N) is 2. The van der Waals surface area contributed by atoms with Crippen molar-refractivity contribution in [3.63, 3.8) is 0 Å². The SMILES string of the molecule is Nc1nc2ccc(C(=O)NCC(O)(c3cc4c(c(-c5ccc(F)cc5)n3)OC[C@@]4(N)C(F)(F)F)C3CC3)cc2s1. The number of aromatic nitrogens is 2. The first-order valence-corrected chi connectivity index (χ1v) is 13.2. The normalized spacial score (nSPS) is 20.1. The Balaban J connectivity index is 1.40. The van der Waals surface area contributed by atoms with Gasteiger partial charge in [-0.2, -0.15) is 13.2 Å². The third kappa shape index (κ3) is 4.34. The van der Waals surface area contributed by atoms with Crippen LogP contribution >= 0.6 is 11.3 Å². The molecule has 8 nitrogen and oxygen atoms in total. The Bertz CT molecular complexity index is 1640. The average molecular weight is 574 g/mol. The van der Waals surface area contributed by atoms with Crippen molar-refractivity contribution in [3.05, 3.63) is 71.2 Å². The van der Waals surface area contributed by atoms with Crippen LogP contribution in [0.15, 0.2) is 48.5 Å². The predicted octanol–water partition coefficient (Wildman–Crippen LogP) is 4.22. The van der Waals surface area contributed by atoms with Gasteiger partial charge in [-0.3, -0.25) is 4.79 Å². The largest absolute Gasteiger partial charge is 0.488 e. The molecular formula is C27H23F4N5O3S. The summed E-state index contributed by atoms with van der Waals surface area (Å²) in [7, 11) is 0. The molecule has 0 spiro atoms. The van der Waals surface area contributed by atoms with Crippen molar-refractivity contribution in [1.29, 1.82) is 0 Å². The molecule has 2 aliphatic rings. The van der Waals surface area contributed by atoms with Crippen molar-refractivity contribution in [2.45, 2.75) is 30.2 Å². The fourth-order valence-corrected chi connectivity index (χ4v) is 5.71. The van der Waals surface area contributed by atoms with Crippen LogP contribution in [0.25, 0.3) is 21.5 Å². The van der Waals surface area contributed by atoms with Gasteiger partial charge >= 0.3 is 6.18 Å². The van der Waals surface area contributed by atoms with Crippen LogP contribution in [0.3, 0.4) is 0 Å². The van der Waals surface area contributed by atoms with Crippen molar-refractivity contribution in [1.82, 2.24) is 15.3 Å². The minimum atomic E-state index is -4.87. The van der Waals surface area contributed by atoms with E-state index in [1.165, 1.54) is 23.5 Å². The van der Waals surface area contributed by atoms with E-state index in [1.54, 1.807) is 18.2 Å². The summed E-state index contributed by atoms with van der Waals surface area (Å²) in [5.74, 6) is -1.60. The summed E-state index contributed by atoms with van der Waals surface area (Å²) in [6.07, 6.45) is -3.72. The molecule has 13 heteroatoms. The maximum absolute atomic E-state index is 14.2. The van der Waals surface area contributed by atoms with Gasteiger partial charge in [-0.05, 0) is 67.3 Å². The first-order chi connectivity index (χ1) is 18.9. The van der Waals surface area contributed by atoms with E-state index < -0.39 is 35.6 Å². The number of rotatable bonds is 6. The van der Waals surface area contributed by atoms with Gasteiger partial charge < -0.3 is 26.6 Å². The highest BCUT2D eigenvalue weighted by molar-refractivity contribution is 7.22. The molecule has 1 amide bonds. The Hall–Kier alpha value is -3.81. The van der Waals surface area contributed by atoms with Crippen molar-refractivity contribution in [2.24, 2.45) is 11.7 Å². The number of benzene rings is 2. The van der Waals surface area contributed by atoms with E-state index in [0.29, 0.717) is 33.8 Å². The zero-order valence-electron chi connectivity index (χ0n) is 20.8. The minimum absolute atomic E-state index is 0.0114. The van der Waals surface area contributed by atoms with Crippen LogP contribution in [0.5, 0.6) is 5.75 Å². The van der Waals surface area contributed by atoms with E-state index >= 15 is 0 Å². The van der Waals surface area contributed by atoms with E-state index in [0.717, 1.165) is 18.2 Å². The number of fused-ring (bicyclic) bond motifs is 2. The highest BCUT2D eigenvalue weighted by Gasteiger charge is 2.59. The lowest BCUT2D eigenvalue weighted by molar-refractivity contribution is -0.191. The van der Waals surface area contributed by atoms with Crippen molar-refractivity contribution in [3.8, 4) is 17.0 Å². The number of ether oxygens (including phenoxy) is 1. The third-order valence-corrected chi connectivity index (χ3v) is 8.25. The number of hydrogen-bond acceptors (Lipinski definition) is 8. The van der Waals surface area contributed by atoms with Gasteiger partial charge in [-0.1, -0.05) is 11.3 Å². The summed E-state index contributed by atoms with van der Waals surface area (Å²) < 4.78 is 62.2. The third-order valence-electron chi connectivity index (χ3n) is 7.40. The van der Waals surface area contributed by atoms with Crippen molar-refractivity contribution in [2.75, 3.05) is 18.9 Å². The van der Waals surface area contributed by atoms with Crippen LogP contribution in [0.2, 0.25) is 0 Å². The second-order valence-electron chi connectivity index (χ2n) is 10.1. The molecule has 1 fully saturated rings. The molecule has 3 heterocycles. The van der Waals surface area contributed by atoms with Gasteiger partial charge in [-0.15, -0.1) is 0 Å². The van der Waals surface area contributed by atoms with E-state index in [-0.39, 0.29) is 40.7 Å². The van der Waals surface area contributed by atoms with Gasteiger partial charge in [0.15, 0.2) is 16.4 Å². The van der Waals surface area contributed by atoms with Gasteiger partial charge in [0.1, 0.15) is 23.7 Å². The molecule has 1 saturated carbocycles. The topological polar surface area (TPSA) is 136 Å². The number of carbonyl (C=O) groups excluding carboxylic acids is 1. The Labute approximate surface area is 229 Å². The number of alkyl halides is 3. The number of amides is 1. The number of halogens is 4. The molecule has 40 heavy (non-hydrogen) atoms. The maximum atomic E-state index is 14.2. The monoisotopic (exact) mass is 573 g/mol. The highest BCUT2D eigenvalue weighted by atomic mass is 32.1. The molecule has 208 valence electrons. The fraction of sp³-hybridized carbons (Fsp3) is 0.296. The summed E-state index contributed by atoms with van der Waals surface area (Å²) >= 11 is 1.22. The van der Waals surface area contributed by atoms with Gasteiger partial charge in [0.05, 0.1) is 22.5 Å². The van der Waals surface area contributed by atoms with E-state index in [4.69, 9.17) is 16.2 Å². The number of hydrogen-bond donors (Lipinski definition) is 4. The number of nitrogens with one attached hydrogen (secondary N) is 1. The van der Waals surface area contributed by atoms with E-state index in [9.17, 15) is 27.5 Å². The van der Waals surface area contributed by atoms with Crippen LogP contribution in [0.1, 0.15) is 34.5 Å². The standard InChI is InChI=1S/C27H23F4N5O3S/c28-16-6-1-13(2-7-16)21-22-17(26(33,12-39-22)27(29,30)31)10-20(36-21)25(38,15-4-5-15)11-34-23(37)14-3-8-18-19(9-14)40-24(32)35-18/h1-3,6-10,15,38H,4-5,11-12,33H2,(H2,32,35)(H,34,37)/t25?,26-/m0/s1. The maximum Gasteiger partial charge on any atom is 0.414 e. The summed E-state index contributed by atoms with van der Waals surface area (Å²) in [4.78, 5) is 21.7. The molecule has 1 unspecified atom stereocenters. The van der Waals surface area contributed by atoms with Crippen molar-refractivity contribution >= 4 is 32.6 Å². The van der Waals surface area contributed by atoms with E-state index in [2.05, 4.69) is 15.3 Å². The predicted molar refractivity (Wildman–Crippen MR) is 140 cm³/mol. The molecule has 0 saturated heterocycles. The summed E-state index contributed by atoms with van der Waals surface area (Å²) in [5, 5.41) is 15.0. The Morgan fingerprint density at radius 3 is 2.55 bits per heavy atom. The second kappa shape index (κ2) is 9.11. The number of anilines is 1. The zero-order valence-corrected chi connectivity index (χ0v) is 21.6. The number of aliphatic hydroxyl groups is 1. The molecule has 1 aliphatic carbocycles. The quantitative estimate of drug-likeness (QED) is 0.254. The molecule has 2 atom stereocenters. The Morgan fingerprint density at radius 2 is 1.88 bits per heavy atom. The summed E-state index contributed by atoms with van der Waals surface area (Å²) in [6.45, 7) is -1.20. The number of nitrogens with zero attached hydrogens (tertiary/aromatic N) is 2. The lowest BCUT2D eigenvalue weighted by Crippen LogP contribution is -2.52. The van der Waals surface area contributed by atoms with Crippen LogP contribution in [-0.2, 0) is 11.1 Å². The first kappa shape index (κ1) is 26.4. The van der Waals surface area contributed by atoms with Crippen LogP contribution < -0.4 is 21.5 Å². The fourth-order valence-electron chi connectivity index (χ4n) is 4.94. The number of thiazole rings is 1. The van der Waals surface area contributed by atoms with Gasteiger partial charge in [0, 0.05) is 16.7 Å². The lowest BCUT2D eigenvalue weighted by atomic mass is 9.86. The van der Waals surface area contributed by atoms with Crippen LogP contribution in [0, 0.1) is 11.7 Å². The zero-order chi connectivity index (χ0) is 28.4. The first-order valence-electron chi connectivity index (χ1n) is 12.4. The molecule has 0 radical (unpaired) electrons. The molecule has 4 aromatic rings. The van der Waals surface area contributed by atoms with Gasteiger partial charge in [-0.25, -0.2) is 14.4 Å². The molecular weight excluding hydrogens is 550 g/mol. The summed E-state index contributed by atoms with van der Waals surface area (Å²) in [5.41, 5.74) is 7.68.